The smallest absolute Gasteiger partial charge is 0.160 e. The fourth-order valence-electron chi connectivity index (χ4n) is 1.36. The van der Waals surface area contributed by atoms with Crippen molar-refractivity contribution >= 4 is 5.69 Å². The van der Waals surface area contributed by atoms with Gasteiger partial charge in [0.1, 0.15) is 0 Å². The molecule has 2 aromatic rings. The zero-order chi connectivity index (χ0) is 11.4. The fourth-order valence-corrected chi connectivity index (χ4v) is 1.36. The van der Waals surface area contributed by atoms with Crippen molar-refractivity contribution in [2.45, 2.75) is 13.5 Å². The molecule has 0 aromatic carbocycles. The summed E-state index contributed by atoms with van der Waals surface area (Å²) < 4.78 is 10.2. The second-order valence-corrected chi connectivity index (χ2v) is 3.36. The minimum atomic E-state index is 0.569. The SMILES string of the molecule is COc1cnc(C)cc1NCc1ccno1. The number of aromatic nitrogens is 2. The van der Waals surface area contributed by atoms with Gasteiger partial charge in [-0.2, -0.15) is 0 Å². The minimum Gasteiger partial charge on any atom is -0.493 e. The highest BCUT2D eigenvalue weighted by molar-refractivity contribution is 5.55. The third-order valence-electron chi connectivity index (χ3n) is 2.17. The normalized spacial score (nSPS) is 10.1. The molecule has 0 saturated carbocycles. The summed E-state index contributed by atoms with van der Waals surface area (Å²) in [5, 5.41) is 6.84. The van der Waals surface area contributed by atoms with Gasteiger partial charge < -0.3 is 14.6 Å². The number of anilines is 1. The maximum absolute atomic E-state index is 5.20. The number of hydrogen-bond acceptors (Lipinski definition) is 5. The molecule has 0 fully saturated rings. The summed E-state index contributed by atoms with van der Waals surface area (Å²) in [5.41, 5.74) is 1.83. The molecule has 0 aliphatic heterocycles. The minimum absolute atomic E-state index is 0.569. The van der Waals surface area contributed by atoms with Crippen LogP contribution in [-0.2, 0) is 6.54 Å². The van der Waals surface area contributed by atoms with Crippen LogP contribution in [-0.4, -0.2) is 17.3 Å². The van der Waals surface area contributed by atoms with Gasteiger partial charge in [-0.05, 0) is 13.0 Å². The Morgan fingerprint density at radius 1 is 1.50 bits per heavy atom. The number of nitrogens with zero attached hydrogens (tertiary/aromatic N) is 2. The molecule has 0 radical (unpaired) electrons. The molecule has 0 saturated heterocycles. The van der Waals surface area contributed by atoms with Gasteiger partial charge in [0.15, 0.2) is 11.5 Å². The Bertz CT molecular complexity index is 454. The molecular weight excluding hydrogens is 206 g/mol. The molecule has 0 bridgehead atoms. The highest BCUT2D eigenvalue weighted by Crippen LogP contribution is 2.23. The molecule has 0 unspecified atom stereocenters. The largest absolute Gasteiger partial charge is 0.493 e. The fraction of sp³-hybridized carbons (Fsp3) is 0.273. The molecular formula is C11H13N3O2. The van der Waals surface area contributed by atoms with Gasteiger partial charge in [0.05, 0.1) is 31.7 Å². The zero-order valence-electron chi connectivity index (χ0n) is 9.23. The van der Waals surface area contributed by atoms with Crippen LogP contribution < -0.4 is 10.1 Å². The molecule has 0 spiro atoms. The maximum atomic E-state index is 5.20. The second-order valence-electron chi connectivity index (χ2n) is 3.36. The van der Waals surface area contributed by atoms with Crippen LogP contribution in [0.4, 0.5) is 5.69 Å². The summed E-state index contributed by atoms with van der Waals surface area (Å²) in [4.78, 5) is 4.15. The monoisotopic (exact) mass is 219 g/mol. The van der Waals surface area contributed by atoms with Crippen molar-refractivity contribution in [2.75, 3.05) is 12.4 Å². The van der Waals surface area contributed by atoms with Gasteiger partial charge in [-0.1, -0.05) is 5.16 Å². The van der Waals surface area contributed by atoms with Crippen LogP contribution >= 0.6 is 0 Å². The lowest BCUT2D eigenvalue weighted by Crippen LogP contribution is -2.01. The summed E-state index contributed by atoms with van der Waals surface area (Å²) >= 11 is 0. The van der Waals surface area contributed by atoms with Gasteiger partial charge in [-0.25, -0.2) is 0 Å². The molecule has 2 heterocycles. The average molecular weight is 219 g/mol. The van der Waals surface area contributed by atoms with Crippen LogP contribution in [0.3, 0.4) is 0 Å². The number of rotatable bonds is 4. The lowest BCUT2D eigenvalue weighted by atomic mass is 10.3. The van der Waals surface area contributed by atoms with E-state index in [1.165, 1.54) is 0 Å². The van der Waals surface area contributed by atoms with Crippen LogP contribution in [0.15, 0.2) is 29.0 Å². The van der Waals surface area contributed by atoms with E-state index in [0.29, 0.717) is 12.3 Å². The van der Waals surface area contributed by atoms with Crippen molar-refractivity contribution in [3.8, 4) is 5.75 Å². The van der Waals surface area contributed by atoms with E-state index in [9.17, 15) is 0 Å². The molecule has 0 aliphatic carbocycles. The third kappa shape index (κ3) is 2.31. The molecule has 0 amide bonds. The van der Waals surface area contributed by atoms with Crippen molar-refractivity contribution in [2.24, 2.45) is 0 Å². The first kappa shape index (κ1) is 10.5. The van der Waals surface area contributed by atoms with Crippen molar-refractivity contribution in [3.05, 3.63) is 36.0 Å². The van der Waals surface area contributed by atoms with E-state index < -0.39 is 0 Å². The van der Waals surface area contributed by atoms with Crippen molar-refractivity contribution in [3.63, 3.8) is 0 Å². The Morgan fingerprint density at radius 2 is 2.38 bits per heavy atom. The second kappa shape index (κ2) is 4.65. The number of nitrogens with one attached hydrogen (secondary N) is 1. The van der Waals surface area contributed by atoms with Gasteiger partial charge in [0.2, 0.25) is 0 Å². The molecule has 16 heavy (non-hydrogen) atoms. The van der Waals surface area contributed by atoms with Crippen LogP contribution in [0, 0.1) is 6.92 Å². The van der Waals surface area contributed by atoms with E-state index in [-0.39, 0.29) is 0 Å². The van der Waals surface area contributed by atoms with Gasteiger partial charge in [0.25, 0.3) is 0 Å². The first-order valence-corrected chi connectivity index (χ1v) is 4.93. The van der Waals surface area contributed by atoms with E-state index in [1.54, 1.807) is 19.5 Å². The van der Waals surface area contributed by atoms with Crippen LogP contribution in [0.1, 0.15) is 11.5 Å². The molecule has 1 N–H and O–H groups in total. The van der Waals surface area contributed by atoms with Gasteiger partial charge >= 0.3 is 0 Å². The number of methoxy groups -OCH3 is 1. The number of ether oxygens (including phenoxy) is 1. The lowest BCUT2D eigenvalue weighted by Gasteiger charge is -2.09. The number of hydrogen-bond donors (Lipinski definition) is 1. The first-order chi connectivity index (χ1) is 7.79. The highest BCUT2D eigenvalue weighted by Gasteiger charge is 2.04. The van der Waals surface area contributed by atoms with E-state index in [0.717, 1.165) is 17.1 Å². The Hall–Kier alpha value is -2.04. The van der Waals surface area contributed by atoms with Crippen molar-refractivity contribution in [1.29, 1.82) is 0 Å². The topological polar surface area (TPSA) is 60.2 Å². The van der Waals surface area contributed by atoms with Crippen LogP contribution in [0.2, 0.25) is 0 Å². The van der Waals surface area contributed by atoms with Crippen molar-refractivity contribution in [1.82, 2.24) is 10.1 Å². The van der Waals surface area contributed by atoms with Gasteiger partial charge in [-0.15, -0.1) is 0 Å². The molecule has 2 aromatic heterocycles. The van der Waals surface area contributed by atoms with E-state index >= 15 is 0 Å². The zero-order valence-corrected chi connectivity index (χ0v) is 9.23. The summed E-state index contributed by atoms with van der Waals surface area (Å²) in [6.45, 7) is 2.50. The predicted octanol–water partition coefficient (Wildman–Crippen LogP) is 2.00. The van der Waals surface area contributed by atoms with E-state index in [1.807, 2.05) is 19.1 Å². The highest BCUT2D eigenvalue weighted by atomic mass is 16.5. The molecule has 84 valence electrons. The van der Waals surface area contributed by atoms with Crippen LogP contribution in [0.25, 0.3) is 0 Å². The Balaban J connectivity index is 2.11. The molecule has 2 rings (SSSR count). The summed E-state index contributed by atoms with van der Waals surface area (Å²) in [7, 11) is 1.62. The van der Waals surface area contributed by atoms with Crippen LogP contribution in [0.5, 0.6) is 5.75 Å². The summed E-state index contributed by atoms with van der Waals surface area (Å²) in [6, 6.07) is 3.74. The number of pyridine rings is 1. The maximum Gasteiger partial charge on any atom is 0.160 e. The molecule has 5 nitrogen and oxygen atoms in total. The number of aryl methyl sites for hydroxylation is 1. The Labute approximate surface area is 93.4 Å². The van der Waals surface area contributed by atoms with E-state index in [2.05, 4.69) is 15.5 Å². The van der Waals surface area contributed by atoms with E-state index in [4.69, 9.17) is 9.26 Å². The molecule has 0 aliphatic rings. The van der Waals surface area contributed by atoms with Gasteiger partial charge in [-0.3, -0.25) is 4.98 Å². The summed E-state index contributed by atoms with van der Waals surface area (Å²) in [5.74, 6) is 1.49. The third-order valence-corrected chi connectivity index (χ3v) is 2.17. The molecule has 0 atom stereocenters. The average Bonchev–Trinajstić information content (AvgIpc) is 2.79. The summed E-state index contributed by atoms with van der Waals surface area (Å²) in [6.07, 6.45) is 3.31. The Morgan fingerprint density at radius 3 is 3.06 bits per heavy atom. The quantitative estimate of drug-likeness (QED) is 0.852. The Kier molecular flexibility index (Phi) is 3.05. The standard InChI is InChI=1S/C11H13N3O2/c1-8-5-10(11(15-2)7-12-8)13-6-9-3-4-14-16-9/h3-5,7H,6H2,1-2H3,(H,12,13). The van der Waals surface area contributed by atoms with Crippen molar-refractivity contribution < 1.29 is 9.26 Å². The molecule has 5 heteroatoms. The predicted molar refractivity (Wildman–Crippen MR) is 59.4 cm³/mol. The lowest BCUT2D eigenvalue weighted by molar-refractivity contribution is 0.387. The first-order valence-electron chi connectivity index (χ1n) is 4.93. The van der Waals surface area contributed by atoms with Gasteiger partial charge in [0, 0.05) is 11.8 Å².